The van der Waals surface area contributed by atoms with E-state index < -0.39 is 11.6 Å². The highest BCUT2D eigenvalue weighted by Gasteiger charge is 2.48. The van der Waals surface area contributed by atoms with Crippen molar-refractivity contribution in [2.45, 2.75) is 71.4 Å². The van der Waals surface area contributed by atoms with Crippen molar-refractivity contribution < 1.29 is 14.3 Å². The van der Waals surface area contributed by atoms with Gasteiger partial charge in [-0.1, -0.05) is 33.4 Å². The van der Waals surface area contributed by atoms with Crippen LogP contribution in [0, 0.1) is 5.92 Å². The molecule has 136 valence electrons. The van der Waals surface area contributed by atoms with E-state index in [9.17, 15) is 9.59 Å². The van der Waals surface area contributed by atoms with Crippen molar-refractivity contribution in [1.29, 1.82) is 0 Å². The SMILES string of the molecule is C=C(CC1(OC(=O)C(N)C(C)C)CC1)/C(=C/CC)CCNC(C)=O. The third-order valence-electron chi connectivity index (χ3n) is 4.32. The van der Waals surface area contributed by atoms with Gasteiger partial charge in [0, 0.05) is 19.9 Å². The molecule has 0 aromatic heterocycles. The fraction of sp³-hybridized carbons (Fsp3) is 0.684. The molecule has 1 aliphatic rings. The Labute approximate surface area is 145 Å². The lowest BCUT2D eigenvalue weighted by Gasteiger charge is -2.23. The number of amides is 1. The molecule has 24 heavy (non-hydrogen) atoms. The van der Waals surface area contributed by atoms with E-state index in [4.69, 9.17) is 10.5 Å². The second-order valence-corrected chi connectivity index (χ2v) is 7.02. The number of nitrogens with one attached hydrogen (secondary N) is 1. The van der Waals surface area contributed by atoms with Gasteiger partial charge in [0.25, 0.3) is 0 Å². The van der Waals surface area contributed by atoms with Gasteiger partial charge in [-0.25, -0.2) is 0 Å². The highest BCUT2D eigenvalue weighted by molar-refractivity contribution is 5.76. The Morgan fingerprint density at radius 3 is 2.46 bits per heavy atom. The van der Waals surface area contributed by atoms with Crippen LogP contribution in [0.15, 0.2) is 23.8 Å². The Bertz CT molecular complexity index is 505. The molecule has 1 rings (SSSR count). The molecule has 0 radical (unpaired) electrons. The number of hydrogen-bond acceptors (Lipinski definition) is 4. The van der Waals surface area contributed by atoms with Crippen LogP contribution in [-0.4, -0.2) is 30.1 Å². The minimum atomic E-state index is -0.582. The first-order valence-corrected chi connectivity index (χ1v) is 8.81. The Balaban J connectivity index is 2.61. The van der Waals surface area contributed by atoms with E-state index in [-0.39, 0.29) is 17.8 Å². The van der Waals surface area contributed by atoms with Crippen molar-refractivity contribution in [2.75, 3.05) is 6.54 Å². The number of carbonyl (C=O) groups excluding carboxylic acids is 2. The van der Waals surface area contributed by atoms with Crippen molar-refractivity contribution in [3.63, 3.8) is 0 Å². The van der Waals surface area contributed by atoms with Crippen LogP contribution in [0.4, 0.5) is 0 Å². The number of hydrogen-bond donors (Lipinski definition) is 2. The van der Waals surface area contributed by atoms with Gasteiger partial charge in [-0.15, -0.1) is 0 Å². The number of allylic oxidation sites excluding steroid dienone is 1. The summed E-state index contributed by atoms with van der Waals surface area (Å²) in [6.45, 7) is 12.2. The minimum absolute atomic E-state index is 0.0354. The predicted molar refractivity (Wildman–Crippen MR) is 96.3 cm³/mol. The molecule has 1 fully saturated rings. The van der Waals surface area contributed by atoms with Gasteiger partial charge in [0.2, 0.25) is 5.91 Å². The van der Waals surface area contributed by atoms with Crippen LogP contribution in [0.25, 0.3) is 0 Å². The Morgan fingerprint density at radius 1 is 1.38 bits per heavy atom. The maximum atomic E-state index is 12.1. The Morgan fingerprint density at radius 2 is 2.00 bits per heavy atom. The van der Waals surface area contributed by atoms with E-state index >= 15 is 0 Å². The highest BCUT2D eigenvalue weighted by Crippen LogP contribution is 2.46. The second kappa shape index (κ2) is 9.02. The summed E-state index contributed by atoms with van der Waals surface area (Å²) in [7, 11) is 0. The quantitative estimate of drug-likeness (QED) is 0.475. The number of carbonyl (C=O) groups is 2. The van der Waals surface area contributed by atoms with Crippen molar-refractivity contribution in [2.24, 2.45) is 11.7 Å². The number of esters is 1. The molecule has 1 aliphatic carbocycles. The van der Waals surface area contributed by atoms with E-state index in [0.717, 1.165) is 36.8 Å². The van der Waals surface area contributed by atoms with Gasteiger partial charge < -0.3 is 15.8 Å². The molecule has 1 unspecified atom stereocenters. The smallest absolute Gasteiger partial charge is 0.323 e. The lowest BCUT2D eigenvalue weighted by Crippen LogP contribution is -2.39. The minimum Gasteiger partial charge on any atom is -0.458 e. The summed E-state index contributed by atoms with van der Waals surface area (Å²) in [5.41, 5.74) is 7.55. The van der Waals surface area contributed by atoms with Gasteiger partial charge in [-0.05, 0) is 42.7 Å². The van der Waals surface area contributed by atoms with Crippen molar-refractivity contribution in [3.8, 4) is 0 Å². The van der Waals surface area contributed by atoms with E-state index in [2.05, 4.69) is 24.9 Å². The van der Waals surface area contributed by atoms with E-state index in [1.807, 2.05) is 13.8 Å². The molecule has 0 saturated heterocycles. The molecule has 0 heterocycles. The molecular formula is C19H32N2O3. The van der Waals surface area contributed by atoms with Crippen LogP contribution in [0.2, 0.25) is 0 Å². The maximum Gasteiger partial charge on any atom is 0.323 e. The van der Waals surface area contributed by atoms with E-state index in [0.29, 0.717) is 13.0 Å². The molecule has 5 heteroatoms. The first-order valence-electron chi connectivity index (χ1n) is 8.81. The fourth-order valence-corrected chi connectivity index (χ4v) is 2.55. The average Bonchev–Trinajstić information content (AvgIpc) is 3.23. The zero-order valence-corrected chi connectivity index (χ0v) is 15.5. The summed E-state index contributed by atoms with van der Waals surface area (Å²) >= 11 is 0. The Kier molecular flexibility index (Phi) is 7.67. The van der Waals surface area contributed by atoms with Gasteiger partial charge in [0.15, 0.2) is 0 Å². The molecule has 1 saturated carbocycles. The first-order chi connectivity index (χ1) is 11.2. The summed E-state index contributed by atoms with van der Waals surface area (Å²) in [6.07, 6.45) is 6.11. The lowest BCUT2D eigenvalue weighted by molar-refractivity contribution is -0.153. The van der Waals surface area contributed by atoms with Crippen molar-refractivity contribution in [3.05, 3.63) is 23.8 Å². The molecule has 5 nitrogen and oxygen atoms in total. The van der Waals surface area contributed by atoms with Crippen LogP contribution in [-0.2, 0) is 14.3 Å². The van der Waals surface area contributed by atoms with Gasteiger partial charge in [0.1, 0.15) is 11.6 Å². The van der Waals surface area contributed by atoms with Gasteiger partial charge in [-0.3, -0.25) is 9.59 Å². The van der Waals surface area contributed by atoms with Gasteiger partial charge in [0.05, 0.1) is 0 Å². The van der Waals surface area contributed by atoms with E-state index in [1.165, 1.54) is 6.92 Å². The topological polar surface area (TPSA) is 81.4 Å². The second-order valence-electron chi connectivity index (χ2n) is 7.02. The highest BCUT2D eigenvalue weighted by atomic mass is 16.6. The average molecular weight is 336 g/mol. The molecule has 0 aromatic rings. The number of nitrogens with two attached hydrogens (primary N) is 1. The summed E-state index contributed by atoms with van der Waals surface area (Å²) in [6, 6.07) is -0.582. The first kappa shape index (κ1) is 20.4. The van der Waals surface area contributed by atoms with E-state index in [1.54, 1.807) is 0 Å². The molecule has 0 aliphatic heterocycles. The third-order valence-corrected chi connectivity index (χ3v) is 4.32. The van der Waals surface area contributed by atoms with Gasteiger partial charge >= 0.3 is 5.97 Å². The third kappa shape index (κ3) is 6.48. The maximum absolute atomic E-state index is 12.1. The zero-order chi connectivity index (χ0) is 18.3. The molecule has 1 atom stereocenters. The predicted octanol–water partition coefficient (Wildman–Crippen LogP) is 2.85. The molecular weight excluding hydrogens is 304 g/mol. The summed E-state index contributed by atoms with van der Waals surface area (Å²) < 4.78 is 5.69. The van der Waals surface area contributed by atoms with Crippen molar-refractivity contribution in [1.82, 2.24) is 5.32 Å². The van der Waals surface area contributed by atoms with Gasteiger partial charge in [-0.2, -0.15) is 0 Å². The number of ether oxygens (including phenoxy) is 1. The van der Waals surface area contributed by atoms with Crippen molar-refractivity contribution >= 4 is 11.9 Å². The molecule has 0 bridgehead atoms. The molecule has 0 aromatic carbocycles. The molecule has 1 amide bonds. The number of rotatable bonds is 10. The molecule has 3 N–H and O–H groups in total. The normalized spacial score (nSPS) is 17.3. The lowest BCUT2D eigenvalue weighted by atomic mass is 9.96. The van der Waals surface area contributed by atoms with Crippen LogP contribution < -0.4 is 11.1 Å². The summed E-state index contributed by atoms with van der Waals surface area (Å²) in [5.74, 6) is -0.300. The van der Waals surface area contributed by atoms with Crippen LogP contribution in [0.3, 0.4) is 0 Å². The van der Waals surface area contributed by atoms with Crippen LogP contribution >= 0.6 is 0 Å². The van der Waals surface area contributed by atoms with Crippen LogP contribution in [0.5, 0.6) is 0 Å². The standard InChI is InChI=1S/C19H32N2O3/c1-6-7-16(8-11-21-15(5)22)14(4)12-19(9-10-19)24-18(23)17(20)13(2)3/h7,13,17H,4,6,8-12,20H2,1-3,5H3,(H,21,22)/b16-7+. The summed E-state index contributed by atoms with van der Waals surface area (Å²) in [4.78, 5) is 23.1. The fourth-order valence-electron chi connectivity index (χ4n) is 2.55. The Hall–Kier alpha value is -1.62. The summed E-state index contributed by atoms with van der Waals surface area (Å²) in [5, 5.41) is 2.80. The monoisotopic (exact) mass is 336 g/mol. The zero-order valence-electron chi connectivity index (χ0n) is 15.5. The van der Waals surface area contributed by atoms with Crippen LogP contribution in [0.1, 0.15) is 59.8 Å². The molecule has 0 spiro atoms. The largest absolute Gasteiger partial charge is 0.458 e.